The lowest BCUT2D eigenvalue weighted by Crippen LogP contribution is -2.43. The molecule has 2 aromatic carbocycles. The standard InChI is InChI=1S/C18H15N3O4S/c1-25-14-9-5-4-8-13(14)19-18(26)20-15(22)10-21-16(23)11-6-2-3-7-12(11)17(21)24/h2-9H,10H2,1H3,(H2,19,20,22,26). The van der Waals surface area contributed by atoms with Crippen molar-refractivity contribution in [3.8, 4) is 5.75 Å². The van der Waals surface area contributed by atoms with Crippen molar-refractivity contribution in [2.24, 2.45) is 0 Å². The number of hydrogen-bond donors (Lipinski definition) is 2. The summed E-state index contributed by atoms with van der Waals surface area (Å²) in [7, 11) is 1.52. The number of methoxy groups -OCH3 is 1. The number of imide groups is 1. The molecule has 3 rings (SSSR count). The first-order chi connectivity index (χ1) is 12.5. The van der Waals surface area contributed by atoms with Gasteiger partial charge in [0.15, 0.2) is 5.11 Å². The van der Waals surface area contributed by atoms with Crippen LogP contribution in [0, 0.1) is 0 Å². The van der Waals surface area contributed by atoms with E-state index in [0.717, 1.165) is 4.90 Å². The summed E-state index contributed by atoms with van der Waals surface area (Å²) in [6.45, 7) is -0.417. The third-order valence-corrected chi connectivity index (χ3v) is 3.99. The Balaban J connectivity index is 1.62. The second-order valence-corrected chi connectivity index (χ2v) is 5.85. The number of amides is 3. The molecule has 0 fully saturated rings. The highest BCUT2D eigenvalue weighted by atomic mass is 32.1. The predicted molar refractivity (Wildman–Crippen MR) is 99.2 cm³/mol. The van der Waals surface area contributed by atoms with E-state index in [0.29, 0.717) is 22.6 Å². The van der Waals surface area contributed by atoms with Crippen LogP contribution in [0.3, 0.4) is 0 Å². The monoisotopic (exact) mass is 369 g/mol. The van der Waals surface area contributed by atoms with Gasteiger partial charge >= 0.3 is 0 Å². The number of hydrogen-bond acceptors (Lipinski definition) is 5. The van der Waals surface area contributed by atoms with Crippen LogP contribution in [0.4, 0.5) is 5.69 Å². The topological polar surface area (TPSA) is 87.7 Å². The Bertz CT molecular complexity index is 878. The number of ether oxygens (including phenoxy) is 1. The van der Waals surface area contributed by atoms with Crippen molar-refractivity contribution in [3.63, 3.8) is 0 Å². The molecular weight excluding hydrogens is 354 g/mol. The minimum Gasteiger partial charge on any atom is -0.495 e. The molecule has 2 aromatic rings. The highest BCUT2D eigenvalue weighted by molar-refractivity contribution is 7.80. The van der Waals surface area contributed by atoms with Gasteiger partial charge in [0.05, 0.1) is 23.9 Å². The fraction of sp³-hybridized carbons (Fsp3) is 0.111. The van der Waals surface area contributed by atoms with Crippen molar-refractivity contribution in [2.45, 2.75) is 0 Å². The molecule has 0 aliphatic carbocycles. The first kappa shape index (κ1) is 17.6. The van der Waals surface area contributed by atoms with Gasteiger partial charge in [0.1, 0.15) is 12.3 Å². The largest absolute Gasteiger partial charge is 0.495 e. The normalized spacial score (nSPS) is 12.6. The van der Waals surface area contributed by atoms with Gasteiger partial charge in [-0.3, -0.25) is 19.3 Å². The number of thiocarbonyl (C=S) groups is 1. The molecule has 0 radical (unpaired) electrons. The van der Waals surface area contributed by atoms with E-state index in [4.69, 9.17) is 17.0 Å². The van der Waals surface area contributed by atoms with E-state index in [2.05, 4.69) is 10.6 Å². The molecule has 8 heteroatoms. The third-order valence-electron chi connectivity index (χ3n) is 3.79. The highest BCUT2D eigenvalue weighted by Gasteiger charge is 2.36. The number of benzene rings is 2. The summed E-state index contributed by atoms with van der Waals surface area (Å²) in [6.07, 6.45) is 0. The van der Waals surface area contributed by atoms with Crippen LogP contribution in [0.2, 0.25) is 0 Å². The molecular formula is C18H15N3O4S. The summed E-state index contributed by atoms with van der Waals surface area (Å²) in [5.41, 5.74) is 1.17. The second kappa shape index (κ2) is 7.32. The fourth-order valence-electron chi connectivity index (χ4n) is 2.59. The molecule has 0 aromatic heterocycles. The summed E-state index contributed by atoms with van der Waals surface area (Å²) in [4.78, 5) is 37.6. The number of rotatable bonds is 4. The Morgan fingerprint density at radius 2 is 1.62 bits per heavy atom. The molecule has 0 unspecified atom stereocenters. The van der Waals surface area contributed by atoms with Crippen molar-refractivity contribution < 1.29 is 19.1 Å². The first-order valence-electron chi connectivity index (χ1n) is 7.70. The van der Waals surface area contributed by atoms with E-state index in [1.54, 1.807) is 48.5 Å². The summed E-state index contributed by atoms with van der Waals surface area (Å²) in [5.74, 6) is -1.01. The lowest BCUT2D eigenvalue weighted by atomic mass is 10.1. The van der Waals surface area contributed by atoms with Crippen molar-refractivity contribution in [2.75, 3.05) is 19.0 Å². The predicted octanol–water partition coefficient (Wildman–Crippen LogP) is 1.80. The van der Waals surface area contributed by atoms with E-state index in [9.17, 15) is 14.4 Å². The van der Waals surface area contributed by atoms with Gasteiger partial charge in [0, 0.05) is 0 Å². The number of anilines is 1. The zero-order chi connectivity index (χ0) is 18.7. The van der Waals surface area contributed by atoms with Crippen molar-refractivity contribution in [1.82, 2.24) is 10.2 Å². The molecule has 0 atom stereocenters. The Morgan fingerprint density at radius 3 is 2.23 bits per heavy atom. The Morgan fingerprint density at radius 1 is 1.04 bits per heavy atom. The second-order valence-electron chi connectivity index (χ2n) is 5.44. The van der Waals surface area contributed by atoms with Crippen LogP contribution in [0.25, 0.3) is 0 Å². The van der Waals surface area contributed by atoms with Crippen LogP contribution in [-0.2, 0) is 4.79 Å². The molecule has 0 bridgehead atoms. The van der Waals surface area contributed by atoms with Gasteiger partial charge in [-0.1, -0.05) is 24.3 Å². The lowest BCUT2D eigenvalue weighted by molar-refractivity contribution is -0.120. The molecule has 0 saturated heterocycles. The number of fused-ring (bicyclic) bond motifs is 1. The maximum atomic E-state index is 12.3. The van der Waals surface area contributed by atoms with Gasteiger partial charge in [-0.05, 0) is 36.5 Å². The van der Waals surface area contributed by atoms with Crippen LogP contribution >= 0.6 is 12.2 Å². The minimum absolute atomic E-state index is 0.0381. The van der Waals surface area contributed by atoms with Crippen molar-refractivity contribution >= 4 is 40.7 Å². The van der Waals surface area contributed by atoms with Crippen molar-refractivity contribution in [1.29, 1.82) is 0 Å². The molecule has 0 saturated carbocycles. The van der Waals surface area contributed by atoms with Crippen LogP contribution < -0.4 is 15.4 Å². The number of nitrogens with zero attached hydrogens (tertiary/aromatic N) is 1. The van der Waals surface area contributed by atoms with Crippen LogP contribution in [-0.4, -0.2) is 41.4 Å². The van der Waals surface area contributed by atoms with Crippen LogP contribution in [0.5, 0.6) is 5.75 Å². The van der Waals surface area contributed by atoms with Gasteiger partial charge in [-0.2, -0.15) is 0 Å². The maximum absolute atomic E-state index is 12.3. The number of carbonyl (C=O) groups is 3. The Labute approximate surface area is 154 Å². The molecule has 1 heterocycles. The van der Waals surface area contributed by atoms with Gasteiger partial charge in [0.25, 0.3) is 11.8 Å². The summed E-state index contributed by atoms with van der Waals surface area (Å²) >= 11 is 5.10. The quantitative estimate of drug-likeness (QED) is 0.631. The van der Waals surface area contributed by atoms with Crippen LogP contribution in [0.1, 0.15) is 20.7 Å². The molecule has 132 valence electrons. The summed E-state index contributed by atoms with van der Waals surface area (Å²) in [6, 6.07) is 13.5. The fourth-order valence-corrected chi connectivity index (χ4v) is 2.82. The molecule has 26 heavy (non-hydrogen) atoms. The van der Waals surface area contributed by atoms with Gasteiger partial charge in [-0.15, -0.1) is 0 Å². The van der Waals surface area contributed by atoms with E-state index < -0.39 is 24.3 Å². The van der Waals surface area contributed by atoms with E-state index in [1.165, 1.54) is 7.11 Å². The molecule has 1 aliphatic rings. The number of carbonyl (C=O) groups excluding carboxylic acids is 3. The average Bonchev–Trinajstić information content (AvgIpc) is 2.87. The summed E-state index contributed by atoms with van der Waals surface area (Å²) < 4.78 is 5.19. The number of para-hydroxylation sites is 2. The van der Waals surface area contributed by atoms with Gasteiger partial charge in [-0.25, -0.2) is 0 Å². The SMILES string of the molecule is COc1ccccc1NC(=S)NC(=O)CN1C(=O)c2ccccc2C1=O. The zero-order valence-electron chi connectivity index (χ0n) is 13.8. The highest BCUT2D eigenvalue weighted by Crippen LogP contribution is 2.23. The van der Waals surface area contributed by atoms with E-state index in [-0.39, 0.29) is 5.11 Å². The van der Waals surface area contributed by atoms with Crippen molar-refractivity contribution in [3.05, 3.63) is 59.7 Å². The smallest absolute Gasteiger partial charge is 0.262 e. The molecule has 3 amide bonds. The van der Waals surface area contributed by atoms with Gasteiger partial charge < -0.3 is 15.4 Å². The Hall–Kier alpha value is -3.26. The summed E-state index contributed by atoms with van der Waals surface area (Å²) in [5, 5.41) is 5.34. The van der Waals surface area contributed by atoms with Gasteiger partial charge in [0.2, 0.25) is 5.91 Å². The maximum Gasteiger partial charge on any atom is 0.262 e. The molecule has 7 nitrogen and oxygen atoms in total. The number of nitrogens with one attached hydrogen (secondary N) is 2. The minimum atomic E-state index is -0.577. The first-order valence-corrected chi connectivity index (χ1v) is 8.11. The van der Waals surface area contributed by atoms with E-state index in [1.807, 2.05) is 0 Å². The molecule has 2 N–H and O–H groups in total. The third kappa shape index (κ3) is 3.40. The van der Waals surface area contributed by atoms with E-state index >= 15 is 0 Å². The Kier molecular flexibility index (Phi) is 4.94. The molecule has 1 aliphatic heterocycles. The zero-order valence-corrected chi connectivity index (χ0v) is 14.6. The average molecular weight is 369 g/mol. The van der Waals surface area contributed by atoms with Crippen LogP contribution in [0.15, 0.2) is 48.5 Å². The molecule has 0 spiro atoms. The lowest BCUT2D eigenvalue weighted by Gasteiger charge is -2.15.